The molecule has 2 aliphatic rings. The van der Waals surface area contributed by atoms with Crippen LogP contribution in [0.1, 0.15) is 39.1 Å². The molecule has 0 spiro atoms. The SMILES string of the molecule is C=CCOc1ccc(C2C(C(=O)c3ccc(F)cc3)C(C#N)(C#N)[C@@H]3c4ccccc4C=CN23)cc1. The van der Waals surface area contributed by atoms with Gasteiger partial charge < -0.3 is 9.64 Å². The van der Waals surface area contributed by atoms with E-state index < -0.39 is 29.2 Å². The summed E-state index contributed by atoms with van der Waals surface area (Å²) in [6.07, 6.45) is 5.45. The van der Waals surface area contributed by atoms with Crippen LogP contribution in [0.4, 0.5) is 4.39 Å². The first kappa shape index (κ1) is 23.1. The summed E-state index contributed by atoms with van der Waals surface area (Å²) in [4.78, 5) is 16.0. The lowest BCUT2D eigenvalue weighted by atomic mass is 9.67. The number of carbonyl (C=O) groups is 1. The molecule has 5 nitrogen and oxygen atoms in total. The van der Waals surface area contributed by atoms with Gasteiger partial charge in [-0.3, -0.25) is 4.79 Å². The van der Waals surface area contributed by atoms with Crippen molar-refractivity contribution in [3.05, 3.63) is 120 Å². The lowest BCUT2D eigenvalue weighted by Gasteiger charge is -2.35. The highest BCUT2D eigenvalue weighted by Crippen LogP contribution is 2.61. The van der Waals surface area contributed by atoms with Crippen molar-refractivity contribution in [2.75, 3.05) is 6.61 Å². The maximum Gasteiger partial charge on any atom is 0.180 e. The predicted molar refractivity (Wildman–Crippen MR) is 133 cm³/mol. The average Bonchev–Trinajstić information content (AvgIpc) is 3.23. The summed E-state index contributed by atoms with van der Waals surface area (Å²) < 4.78 is 19.2. The van der Waals surface area contributed by atoms with Crippen molar-refractivity contribution in [1.82, 2.24) is 4.90 Å². The number of ketones is 1. The third-order valence-electron chi connectivity index (χ3n) is 6.94. The minimum absolute atomic E-state index is 0.254. The van der Waals surface area contributed by atoms with Gasteiger partial charge in [0.2, 0.25) is 0 Å². The Morgan fingerprint density at radius 1 is 1.06 bits per heavy atom. The second-order valence-electron chi connectivity index (χ2n) is 8.85. The van der Waals surface area contributed by atoms with Gasteiger partial charge in [0, 0.05) is 11.8 Å². The van der Waals surface area contributed by atoms with Crippen LogP contribution in [-0.2, 0) is 0 Å². The summed E-state index contributed by atoms with van der Waals surface area (Å²) in [5.41, 5.74) is 1.05. The van der Waals surface area contributed by atoms with Crippen LogP contribution >= 0.6 is 0 Å². The maximum absolute atomic E-state index is 14.0. The molecular formula is C30H22FN3O2. The highest BCUT2D eigenvalue weighted by atomic mass is 19.1. The Balaban J connectivity index is 1.70. The van der Waals surface area contributed by atoms with E-state index in [0.717, 1.165) is 16.7 Å². The maximum atomic E-state index is 14.0. The van der Waals surface area contributed by atoms with E-state index in [1.54, 1.807) is 18.2 Å². The zero-order valence-corrected chi connectivity index (χ0v) is 19.3. The predicted octanol–water partition coefficient (Wildman–Crippen LogP) is 6.01. The molecule has 3 aromatic rings. The van der Waals surface area contributed by atoms with E-state index >= 15 is 0 Å². The Kier molecular flexibility index (Phi) is 5.88. The van der Waals surface area contributed by atoms with Crippen LogP contribution in [0.5, 0.6) is 5.75 Å². The van der Waals surface area contributed by atoms with Gasteiger partial charge in [-0.25, -0.2) is 4.39 Å². The minimum Gasteiger partial charge on any atom is -0.490 e. The molecule has 176 valence electrons. The Labute approximate surface area is 209 Å². The molecule has 6 heteroatoms. The van der Waals surface area contributed by atoms with Gasteiger partial charge in [-0.15, -0.1) is 0 Å². The molecule has 0 saturated carbocycles. The minimum atomic E-state index is -1.69. The molecule has 2 heterocycles. The van der Waals surface area contributed by atoms with Gasteiger partial charge in [-0.05, 0) is 59.2 Å². The van der Waals surface area contributed by atoms with Crippen molar-refractivity contribution < 1.29 is 13.9 Å². The molecule has 5 rings (SSSR count). The van der Waals surface area contributed by atoms with Gasteiger partial charge in [0.15, 0.2) is 11.2 Å². The topological polar surface area (TPSA) is 77.1 Å². The zero-order valence-electron chi connectivity index (χ0n) is 19.3. The fraction of sp³-hybridized carbons (Fsp3) is 0.167. The van der Waals surface area contributed by atoms with Crippen molar-refractivity contribution in [3.63, 3.8) is 0 Å². The second kappa shape index (κ2) is 9.17. The van der Waals surface area contributed by atoms with Gasteiger partial charge >= 0.3 is 0 Å². The smallest absolute Gasteiger partial charge is 0.180 e. The Bertz CT molecular complexity index is 1420. The van der Waals surface area contributed by atoms with Gasteiger partial charge in [0.25, 0.3) is 0 Å². The number of rotatable bonds is 6. The number of Topliss-reactive ketones (excluding diaryl/α,β-unsaturated/α-hetero) is 1. The van der Waals surface area contributed by atoms with Crippen LogP contribution in [0.3, 0.4) is 0 Å². The number of benzene rings is 3. The van der Waals surface area contributed by atoms with E-state index in [2.05, 4.69) is 18.7 Å². The van der Waals surface area contributed by atoms with Crippen LogP contribution in [0.25, 0.3) is 6.08 Å². The van der Waals surface area contributed by atoms with Gasteiger partial charge in [0.1, 0.15) is 18.2 Å². The van der Waals surface area contributed by atoms with Crippen molar-refractivity contribution in [1.29, 1.82) is 10.5 Å². The summed E-state index contributed by atoms with van der Waals surface area (Å²) in [7, 11) is 0. The third-order valence-corrected chi connectivity index (χ3v) is 6.94. The quantitative estimate of drug-likeness (QED) is 0.323. The molecule has 3 atom stereocenters. The van der Waals surface area contributed by atoms with Gasteiger partial charge in [-0.2, -0.15) is 10.5 Å². The Hall–Kier alpha value is -4.68. The van der Waals surface area contributed by atoms with E-state index in [1.807, 2.05) is 53.6 Å². The molecule has 0 N–H and O–H groups in total. The summed E-state index contributed by atoms with van der Waals surface area (Å²) >= 11 is 0. The monoisotopic (exact) mass is 475 g/mol. The lowest BCUT2D eigenvalue weighted by Crippen LogP contribution is -2.35. The van der Waals surface area contributed by atoms with E-state index in [9.17, 15) is 19.7 Å². The highest BCUT2D eigenvalue weighted by molar-refractivity contribution is 6.00. The normalized spacial score (nSPS) is 21.0. The van der Waals surface area contributed by atoms with Crippen molar-refractivity contribution >= 4 is 11.9 Å². The number of hydrogen-bond donors (Lipinski definition) is 0. The first-order valence-corrected chi connectivity index (χ1v) is 11.5. The fourth-order valence-electron chi connectivity index (χ4n) is 5.36. The van der Waals surface area contributed by atoms with Gasteiger partial charge in [-0.1, -0.05) is 49.1 Å². The van der Waals surface area contributed by atoms with Crippen LogP contribution in [0.15, 0.2) is 91.7 Å². The molecule has 0 amide bonds. The average molecular weight is 476 g/mol. The molecule has 0 radical (unpaired) electrons. The number of fused-ring (bicyclic) bond motifs is 3. The summed E-state index contributed by atoms with van der Waals surface area (Å²) in [6, 6.07) is 23.4. The number of ether oxygens (including phenoxy) is 1. The Morgan fingerprint density at radius 3 is 2.42 bits per heavy atom. The molecule has 2 unspecified atom stereocenters. The standard InChI is InChI=1S/C30H22FN3O2/c1-2-17-36-24-13-9-21(10-14-24)27-26(28(35)22-7-11-23(31)12-8-22)30(18-32,19-33)29-25-6-4-3-5-20(25)15-16-34(27)29/h2-16,26-27,29H,1,17H2/t26?,27?,29-/m0/s1. The number of halogens is 1. The first-order chi connectivity index (χ1) is 17.5. The number of nitriles is 2. The largest absolute Gasteiger partial charge is 0.490 e. The van der Waals surface area contributed by atoms with E-state index in [4.69, 9.17) is 4.74 Å². The van der Waals surface area contributed by atoms with E-state index in [-0.39, 0.29) is 11.3 Å². The second-order valence-corrected chi connectivity index (χ2v) is 8.85. The molecule has 3 aromatic carbocycles. The summed E-state index contributed by atoms with van der Waals surface area (Å²) in [5.74, 6) is -1.24. The van der Waals surface area contributed by atoms with E-state index in [1.165, 1.54) is 24.3 Å². The number of carbonyl (C=O) groups excluding carboxylic acids is 1. The van der Waals surface area contributed by atoms with Crippen LogP contribution in [0, 0.1) is 39.8 Å². The summed E-state index contributed by atoms with van der Waals surface area (Å²) in [5, 5.41) is 21.1. The molecule has 0 bridgehead atoms. The van der Waals surface area contributed by atoms with Crippen molar-refractivity contribution in [3.8, 4) is 17.9 Å². The fourth-order valence-corrected chi connectivity index (χ4v) is 5.36. The molecule has 1 saturated heterocycles. The summed E-state index contributed by atoms with van der Waals surface area (Å²) in [6.45, 7) is 4.01. The molecular weight excluding hydrogens is 453 g/mol. The lowest BCUT2D eigenvalue weighted by molar-refractivity contribution is 0.0857. The Morgan fingerprint density at radius 2 is 1.75 bits per heavy atom. The molecule has 36 heavy (non-hydrogen) atoms. The number of nitrogens with zero attached hydrogens (tertiary/aromatic N) is 3. The van der Waals surface area contributed by atoms with Crippen molar-refractivity contribution in [2.45, 2.75) is 12.1 Å². The van der Waals surface area contributed by atoms with Gasteiger partial charge in [0.05, 0.1) is 30.1 Å². The highest BCUT2D eigenvalue weighted by Gasteiger charge is 2.64. The van der Waals surface area contributed by atoms with Crippen LogP contribution in [0.2, 0.25) is 0 Å². The third kappa shape index (κ3) is 3.56. The molecule has 1 fully saturated rings. The molecule has 2 aliphatic heterocycles. The zero-order chi connectivity index (χ0) is 25.3. The van der Waals surface area contributed by atoms with Crippen LogP contribution in [-0.4, -0.2) is 17.3 Å². The van der Waals surface area contributed by atoms with E-state index in [0.29, 0.717) is 12.4 Å². The molecule has 0 aromatic heterocycles. The first-order valence-electron chi connectivity index (χ1n) is 11.5. The van der Waals surface area contributed by atoms with Crippen LogP contribution < -0.4 is 4.74 Å². The van der Waals surface area contributed by atoms with Crippen molar-refractivity contribution in [2.24, 2.45) is 11.3 Å². The number of hydrogen-bond acceptors (Lipinski definition) is 5. The molecule has 0 aliphatic carbocycles.